The highest BCUT2D eigenvalue weighted by Gasteiger charge is 2.33. The first-order valence-corrected chi connectivity index (χ1v) is 5.01. The van der Waals surface area contributed by atoms with Gasteiger partial charge in [0.2, 0.25) is 0 Å². The standard InChI is InChI=1S/C7H4BrF3IN/c8-4-2-5(12)6(13)1-3(4)7(9,10)11/h1-2H,13H2. The van der Waals surface area contributed by atoms with Crippen LogP contribution in [0.3, 0.4) is 0 Å². The number of anilines is 1. The molecule has 0 heterocycles. The van der Waals surface area contributed by atoms with Crippen molar-refractivity contribution in [3.63, 3.8) is 0 Å². The van der Waals surface area contributed by atoms with E-state index < -0.39 is 11.7 Å². The van der Waals surface area contributed by atoms with E-state index in [1.807, 2.05) is 22.6 Å². The third-order valence-electron chi connectivity index (χ3n) is 1.39. The van der Waals surface area contributed by atoms with Crippen LogP contribution in [0.5, 0.6) is 0 Å². The van der Waals surface area contributed by atoms with Crippen LogP contribution in [0.15, 0.2) is 16.6 Å². The van der Waals surface area contributed by atoms with Gasteiger partial charge in [0.25, 0.3) is 0 Å². The van der Waals surface area contributed by atoms with Gasteiger partial charge in [-0.15, -0.1) is 0 Å². The molecule has 0 unspecified atom stereocenters. The minimum absolute atomic E-state index is 0.0126. The molecule has 0 amide bonds. The Morgan fingerprint density at radius 1 is 1.31 bits per heavy atom. The third-order valence-corrected chi connectivity index (χ3v) is 2.98. The van der Waals surface area contributed by atoms with E-state index in [0.717, 1.165) is 6.07 Å². The van der Waals surface area contributed by atoms with Gasteiger partial charge < -0.3 is 5.73 Å². The zero-order valence-electron chi connectivity index (χ0n) is 6.12. The van der Waals surface area contributed by atoms with Crippen LogP contribution in [-0.4, -0.2) is 0 Å². The van der Waals surface area contributed by atoms with Gasteiger partial charge in [0.05, 0.1) is 5.56 Å². The van der Waals surface area contributed by atoms with Crippen molar-refractivity contribution in [1.29, 1.82) is 0 Å². The van der Waals surface area contributed by atoms with Crippen molar-refractivity contribution in [2.24, 2.45) is 0 Å². The van der Waals surface area contributed by atoms with E-state index >= 15 is 0 Å². The molecular formula is C7H4BrF3IN. The van der Waals surface area contributed by atoms with Gasteiger partial charge in [0.1, 0.15) is 0 Å². The van der Waals surface area contributed by atoms with Gasteiger partial charge in [-0.2, -0.15) is 13.2 Å². The zero-order chi connectivity index (χ0) is 10.2. The van der Waals surface area contributed by atoms with E-state index in [4.69, 9.17) is 5.73 Å². The molecule has 6 heteroatoms. The second-order valence-electron chi connectivity index (χ2n) is 2.35. The molecule has 0 aliphatic carbocycles. The first-order valence-electron chi connectivity index (χ1n) is 3.14. The van der Waals surface area contributed by atoms with E-state index in [1.54, 1.807) is 0 Å². The van der Waals surface area contributed by atoms with Crippen LogP contribution < -0.4 is 5.73 Å². The van der Waals surface area contributed by atoms with Gasteiger partial charge in [0.15, 0.2) is 0 Å². The maximum absolute atomic E-state index is 12.3. The van der Waals surface area contributed by atoms with Gasteiger partial charge in [0, 0.05) is 13.7 Å². The number of hydrogen-bond acceptors (Lipinski definition) is 1. The van der Waals surface area contributed by atoms with Gasteiger partial charge in [-0.3, -0.25) is 0 Å². The first kappa shape index (κ1) is 11.1. The molecule has 1 aromatic rings. The molecule has 2 N–H and O–H groups in total. The van der Waals surface area contributed by atoms with Gasteiger partial charge >= 0.3 is 6.18 Å². The smallest absolute Gasteiger partial charge is 0.398 e. The summed E-state index contributed by atoms with van der Waals surface area (Å²) in [6.45, 7) is 0. The van der Waals surface area contributed by atoms with Gasteiger partial charge in [-0.25, -0.2) is 0 Å². The quantitative estimate of drug-likeness (QED) is 0.551. The van der Waals surface area contributed by atoms with Crippen LogP contribution in [0.2, 0.25) is 0 Å². The molecule has 0 saturated heterocycles. The molecule has 0 radical (unpaired) electrons. The summed E-state index contributed by atoms with van der Waals surface area (Å²) in [6.07, 6.45) is -4.36. The summed E-state index contributed by atoms with van der Waals surface area (Å²) in [4.78, 5) is 0. The highest BCUT2D eigenvalue weighted by Crippen LogP contribution is 2.37. The summed E-state index contributed by atoms with van der Waals surface area (Å²) in [7, 11) is 0. The number of halogens is 5. The summed E-state index contributed by atoms with van der Waals surface area (Å²) in [5, 5.41) is 0. The monoisotopic (exact) mass is 365 g/mol. The number of nitrogens with two attached hydrogens (primary N) is 1. The number of alkyl halides is 3. The lowest BCUT2D eigenvalue weighted by molar-refractivity contribution is -0.138. The number of nitrogen functional groups attached to an aromatic ring is 1. The molecule has 1 aromatic carbocycles. The van der Waals surface area contributed by atoms with E-state index in [1.165, 1.54) is 6.07 Å². The first-order chi connectivity index (χ1) is 5.82. The average molecular weight is 366 g/mol. The minimum atomic E-state index is -4.36. The van der Waals surface area contributed by atoms with Crippen molar-refractivity contribution >= 4 is 44.2 Å². The lowest BCUT2D eigenvalue weighted by Crippen LogP contribution is -2.07. The molecule has 13 heavy (non-hydrogen) atoms. The predicted octanol–water partition coefficient (Wildman–Crippen LogP) is 3.65. The fourth-order valence-electron chi connectivity index (χ4n) is 0.783. The Morgan fingerprint density at radius 3 is 2.31 bits per heavy atom. The maximum Gasteiger partial charge on any atom is 0.417 e. The Kier molecular flexibility index (Phi) is 3.11. The Labute approximate surface area is 94.8 Å². The number of hydrogen-bond donors (Lipinski definition) is 1. The molecule has 0 fully saturated rings. The summed E-state index contributed by atoms with van der Waals surface area (Å²) >= 11 is 4.71. The van der Waals surface area contributed by atoms with Crippen LogP contribution in [0.25, 0.3) is 0 Å². The summed E-state index contributed by atoms with van der Waals surface area (Å²) in [5.74, 6) is 0. The molecule has 0 aliphatic heterocycles. The average Bonchev–Trinajstić information content (AvgIpc) is 1.94. The Hall–Kier alpha value is 0.0200. The second-order valence-corrected chi connectivity index (χ2v) is 4.37. The lowest BCUT2D eigenvalue weighted by Gasteiger charge is -2.10. The normalized spacial score (nSPS) is 11.8. The van der Waals surface area contributed by atoms with Crippen molar-refractivity contribution in [3.05, 3.63) is 25.7 Å². The van der Waals surface area contributed by atoms with E-state index in [2.05, 4.69) is 15.9 Å². The minimum Gasteiger partial charge on any atom is -0.398 e. The van der Waals surface area contributed by atoms with Crippen LogP contribution in [0.1, 0.15) is 5.56 Å². The molecule has 0 atom stereocenters. The predicted molar refractivity (Wildman–Crippen MR) is 56.3 cm³/mol. The zero-order valence-corrected chi connectivity index (χ0v) is 9.87. The largest absolute Gasteiger partial charge is 0.417 e. The molecule has 0 aliphatic rings. The third kappa shape index (κ3) is 2.49. The van der Waals surface area contributed by atoms with Gasteiger partial charge in [-0.05, 0) is 34.7 Å². The summed E-state index contributed by atoms with van der Waals surface area (Å²) < 4.78 is 37.4. The number of rotatable bonds is 0. The van der Waals surface area contributed by atoms with Crippen molar-refractivity contribution in [1.82, 2.24) is 0 Å². The highest BCUT2D eigenvalue weighted by atomic mass is 127. The lowest BCUT2D eigenvalue weighted by atomic mass is 10.2. The fourth-order valence-corrected chi connectivity index (χ4v) is 2.25. The van der Waals surface area contributed by atoms with Crippen molar-refractivity contribution in [2.45, 2.75) is 6.18 Å². The van der Waals surface area contributed by atoms with Crippen molar-refractivity contribution in [3.8, 4) is 0 Å². The van der Waals surface area contributed by atoms with E-state index in [0.29, 0.717) is 3.57 Å². The van der Waals surface area contributed by atoms with Crippen molar-refractivity contribution in [2.75, 3.05) is 5.73 Å². The number of benzene rings is 1. The second kappa shape index (κ2) is 3.64. The van der Waals surface area contributed by atoms with Crippen LogP contribution in [0, 0.1) is 3.57 Å². The Morgan fingerprint density at radius 2 is 1.85 bits per heavy atom. The van der Waals surface area contributed by atoms with Crippen molar-refractivity contribution < 1.29 is 13.2 Å². The van der Waals surface area contributed by atoms with Crippen LogP contribution >= 0.6 is 38.5 Å². The SMILES string of the molecule is Nc1cc(C(F)(F)F)c(Br)cc1I. The molecule has 0 spiro atoms. The fraction of sp³-hybridized carbons (Fsp3) is 0.143. The summed E-state index contributed by atoms with van der Waals surface area (Å²) in [6, 6.07) is 2.27. The van der Waals surface area contributed by atoms with Crippen LogP contribution in [-0.2, 0) is 6.18 Å². The molecule has 0 aromatic heterocycles. The topological polar surface area (TPSA) is 26.0 Å². The Balaban J connectivity index is 3.32. The summed E-state index contributed by atoms with van der Waals surface area (Å²) in [5.41, 5.74) is 4.75. The molecule has 0 saturated carbocycles. The maximum atomic E-state index is 12.3. The van der Waals surface area contributed by atoms with Crippen LogP contribution in [0.4, 0.5) is 18.9 Å². The van der Waals surface area contributed by atoms with E-state index in [-0.39, 0.29) is 10.2 Å². The molecular weight excluding hydrogens is 362 g/mol. The van der Waals surface area contributed by atoms with E-state index in [9.17, 15) is 13.2 Å². The molecule has 1 rings (SSSR count). The molecule has 1 nitrogen and oxygen atoms in total. The molecule has 72 valence electrons. The Bertz CT molecular complexity index is 337. The highest BCUT2D eigenvalue weighted by molar-refractivity contribution is 14.1. The molecule has 0 bridgehead atoms. The van der Waals surface area contributed by atoms with Gasteiger partial charge in [-0.1, -0.05) is 15.9 Å².